The summed E-state index contributed by atoms with van der Waals surface area (Å²) in [7, 11) is 1.44. The number of carbonyl (C=O) groups excluding carboxylic acids is 1. The fourth-order valence-corrected chi connectivity index (χ4v) is 3.72. The van der Waals surface area contributed by atoms with Crippen LogP contribution in [0.4, 0.5) is 5.69 Å². The zero-order valence-corrected chi connectivity index (χ0v) is 15.2. The van der Waals surface area contributed by atoms with Crippen LogP contribution in [-0.2, 0) is 9.53 Å². The molecule has 3 nitrogen and oxygen atoms in total. The molecule has 0 saturated carbocycles. The van der Waals surface area contributed by atoms with Crippen molar-refractivity contribution in [2.24, 2.45) is 0 Å². The van der Waals surface area contributed by atoms with E-state index in [1.807, 2.05) is 72.8 Å². The first-order chi connectivity index (χ1) is 13.3. The lowest BCUT2D eigenvalue weighted by Gasteiger charge is -2.33. The fraction of sp³-hybridized carbons (Fsp3) is 0.125. The molecule has 0 spiro atoms. The van der Waals surface area contributed by atoms with Gasteiger partial charge in [-0.1, -0.05) is 78.9 Å². The average molecular weight is 355 g/mol. The molecule has 1 heterocycles. The van der Waals surface area contributed by atoms with Crippen molar-refractivity contribution in [3.05, 3.63) is 108 Å². The van der Waals surface area contributed by atoms with Gasteiger partial charge in [-0.25, -0.2) is 4.79 Å². The molecule has 3 aromatic rings. The molecule has 4 rings (SSSR count). The van der Waals surface area contributed by atoms with Crippen LogP contribution >= 0.6 is 0 Å². The van der Waals surface area contributed by atoms with Gasteiger partial charge in [-0.2, -0.15) is 0 Å². The van der Waals surface area contributed by atoms with Crippen LogP contribution in [0.5, 0.6) is 0 Å². The molecule has 0 N–H and O–H groups in total. The molecule has 3 heteroatoms. The molecule has 0 aromatic heterocycles. The largest absolute Gasteiger partial charge is 0.467 e. The number of nitrogens with zero attached hydrogens (tertiary/aromatic N) is 1. The maximum absolute atomic E-state index is 12.6. The van der Waals surface area contributed by atoms with Crippen LogP contribution in [0.25, 0.3) is 5.57 Å². The van der Waals surface area contributed by atoms with Gasteiger partial charge in [-0.05, 0) is 34.9 Å². The summed E-state index contributed by atoms with van der Waals surface area (Å²) in [5.41, 5.74) is 4.35. The van der Waals surface area contributed by atoms with Gasteiger partial charge < -0.3 is 9.64 Å². The van der Waals surface area contributed by atoms with Crippen molar-refractivity contribution in [3.63, 3.8) is 0 Å². The maximum atomic E-state index is 12.6. The summed E-state index contributed by atoms with van der Waals surface area (Å²) in [5, 5.41) is 0. The Morgan fingerprint density at radius 3 is 1.96 bits per heavy atom. The lowest BCUT2D eigenvalue weighted by atomic mass is 9.94. The number of ether oxygens (including phenoxy) is 1. The first-order valence-corrected chi connectivity index (χ1v) is 9.03. The predicted octanol–water partition coefficient (Wildman–Crippen LogP) is 4.87. The predicted molar refractivity (Wildman–Crippen MR) is 108 cm³/mol. The molecule has 0 bridgehead atoms. The monoisotopic (exact) mass is 355 g/mol. The quantitative estimate of drug-likeness (QED) is 0.625. The van der Waals surface area contributed by atoms with E-state index in [0.29, 0.717) is 0 Å². The van der Waals surface area contributed by atoms with E-state index in [9.17, 15) is 4.79 Å². The molecule has 0 fully saturated rings. The second kappa shape index (κ2) is 7.50. The molecule has 2 unspecified atom stereocenters. The van der Waals surface area contributed by atoms with Crippen molar-refractivity contribution in [1.29, 1.82) is 0 Å². The minimum atomic E-state index is -0.474. The summed E-state index contributed by atoms with van der Waals surface area (Å²) >= 11 is 0. The van der Waals surface area contributed by atoms with Gasteiger partial charge in [0.1, 0.15) is 6.04 Å². The van der Waals surface area contributed by atoms with Crippen molar-refractivity contribution in [2.45, 2.75) is 12.1 Å². The zero-order chi connectivity index (χ0) is 18.6. The van der Waals surface area contributed by atoms with Gasteiger partial charge in [0.25, 0.3) is 0 Å². The van der Waals surface area contributed by atoms with Crippen molar-refractivity contribution < 1.29 is 9.53 Å². The Balaban J connectivity index is 1.90. The number of hydrogen-bond acceptors (Lipinski definition) is 3. The SMILES string of the molecule is COC(=O)C1C=C(c2ccccc2)C(c2ccccc2)N1c1ccccc1. The summed E-state index contributed by atoms with van der Waals surface area (Å²) in [6.45, 7) is 0. The van der Waals surface area contributed by atoms with Gasteiger partial charge in [0.15, 0.2) is 0 Å². The van der Waals surface area contributed by atoms with Crippen LogP contribution in [0.2, 0.25) is 0 Å². The molecule has 2 atom stereocenters. The highest BCUT2D eigenvalue weighted by Crippen LogP contribution is 2.44. The van der Waals surface area contributed by atoms with Crippen molar-refractivity contribution in [2.75, 3.05) is 12.0 Å². The Hall–Kier alpha value is -3.33. The van der Waals surface area contributed by atoms with E-state index >= 15 is 0 Å². The van der Waals surface area contributed by atoms with E-state index in [0.717, 1.165) is 22.4 Å². The summed E-state index contributed by atoms with van der Waals surface area (Å²) in [4.78, 5) is 14.8. The van der Waals surface area contributed by atoms with Gasteiger partial charge in [-0.15, -0.1) is 0 Å². The summed E-state index contributed by atoms with van der Waals surface area (Å²) in [6, 6.07) is 30.0. The van der Waals surface area contributed by atoms with Crippen molar-refractivity contribution in [3.8, 4) is 0 Å². The smallest absolute Gasteiger partial charge is 0.332 e. The third-order valence-electron chi connectivity index (χ3n) is 4.93. The van der Waals surface area contributed by atoms with Crippen LogP contribution in [-0.4, -0.2) is 19.1 Å². The highest BCUT2D eigenvalue weighted by Gasteiger charge is 2.40. The molecular weight excluding hydrogens is 334 g/mol. The number of rotatable bonds is 4. The lowest BCUT2D eigenvalue weighted by Crippen LogP contribution is -2.39. The van der Waals surface area contributed by atoms with Gasteiger partial charge >= 0.3 is 5.97 Å². The van der Waals surface area contributed by atoms with E-state index in [2.05, 4.69) is 29.2 Å². The number of carbonyl (C=O) groups is 1. The van der Waals surface area contributed by atoms with Crippen LogP contribution in [0, 0.1) is 0 Å². The number of anilines is 1. The number of methoxy groups -OCH3 is 1. The Morgan fingerprint density at radius 2 is 1.37 bits per heavy atom. The molecule has 0 amide bonds. The minimum absolute atomic E-state index is 0.0694. The van der Waals surface area contributed by atoms with Crippen molar-refractivity contribution in [1.82, 2.24) is 0 Å². The fourth-order valence-electron chi connectivity index (χ4n) is 3.72. The third kappa shape index (κ3) is 3.24. The van der Waals surface area contributed by atoms with Crippen LogP contribution in [0.15, 0.2) is 97.1 Å². The van der Waals surface area contributed by atoms with E-state index in [1.54, 1.807) is 0 Å². The van der Waals surface area contributed by atoms with E-state index in [1.165, 1.54) is 7.11 Å². The lowest BCUT2D eigenvalue weighted by molar-refractivity contribution is -0.140. The van der Waals surface area contributed by atoms with Gasteiger partial charge in [-0.3, -0.25) is 0 Å². The van der Waals surface area contributed by atoms with Crippen molar-refractivity contribution >= 4 is 17.2 Å². The Kier molecular flexibility index (Phi) is 4.75. The molecule has 1 aliphatic heterocycles. The third-order valence-corrected chi connectivity index (χ3v) is 4.93. The second-order valence-corrected chi connectivity index (χ2v) is 6.51. The standard InChI is InChI=1S/C24H21NO2/c1-27-24(26)22-17-21(18-11-5-2-6-12-18)23(19-13-7-3-8-14-19)25(22)20-15-9-4-10-16-20/h2-17,22-23H,1H3. The van der Waals surface area contributed by atoms with Crippen LogP contribution < -0.4 is 4.90 Å². The number of hydrogen-bond donors (Lipinski definition) is 0. The van der Waals surface area contributed by atoms with E-state index in [-0.39, 0.29) is 12.0 Å². The number of esters is 1. The maximum Gasteiger partial charge on any atom is 0.332 e. The zero-order valence-electron chi connectivity index (χ0n) is 15.2. The summed E-state index contributed by atoms with van der Waals surface area (Å²) in [6.07, 6.45) is 2.03. The minimum Gasteiger partial charge on any atom is -0.467 e. The average Bonchev–Trinajstić information content (AvgIpc) is 3.16. The Bertz CT molecular complexity index is 936. The normalized spacial score (nSPS) is 18.9. The van der Waals surface area contributed by atoms with Crippen LogP contribution in [0.3, 0.4) is 0 Å². The number of benzene rings is 3. The Morgan fingerprint density at radius 1 is 0.815 bits per heavy atom. The van der Waals surface area contributed by atoms with E-state index < -0.39 is 6.04 Å². The molecule has 0 aliphatic carbocycles. The molecule has 0 radical (unpaired) electrons. The van der Waals surface area contributed by atoms with E-state index in [4.69, 9.17) is 4.74 Å². The highest BCUT2D eigenvalue weighted by atomic mass is 16.5. The highest BCUT2D eigenvalue weighted by molar-refractivity contribution is 5.92. The van der Waals surface area contributed by atoms with Gasteiger partial charge in [0.05, 0.1) is 13.2 Å². The molecule has 3 aromatic carbocycles. The van der Waals surface area contributed by atoms with Gasteiger partial charge in [0.2, 0.25) is 0 Å². The molecular formula is C24H21NO2. The second-order valence-electron chi connectivity index (χ2n) is 6.51. The summed E-state index contributed by atoms with van der Waals surface area (Å²) < 4.78 is 5.13. The number of para-hydroxylation sites is 1. The topological polar surface area (TPSA) is 29.5 Å². The Labute approximate surface area is 159 Å². The molecule has 1 aliphatic rings. The summed E-state index contributed by atoms with van der Waals surface area (Å²) in [5.74, 6) is -0.259. The molecule has 27 heavy (non-hydrogen) atoms. The molecule has 0 saturated heterocycles. The first kappa shape index (κ1) is 17.1. The first-order valence-electron chi connectivity index (χ1n) is 9.03. The van der Waals surface area contributed by atoms with Crippen LogP contribution in [0.1, 0.15) is 17.2 Å². The van der Waals surface area contributed by atoms with Gasteiger partial charge in [0, 0.05) is 5.69 Å². The molecule has 134 valence electrons.